The van der Waals surface area contributed by atoms with E-state index in [1.807, 2.05) is 0 Å². The maximum absolute atomic E-state index is 15.4. The summed E-state index contributed by atoms with van der Waals surface area (Å²) in [5.41, 5.74) is 1.12. The Labute approximate surface area is 199 Å². The number of nitrogens with zero attached hydrogens (tertiary/aromatic N) is 2. The van der Waals surface area contributed by atoms with E-state index in [-0.39, 0.29) is 31.8 Å². The van der Waals surface area contributed by atoms with Crippen LogP contribution in [0.4, 0.5) is 15.9 Å². The van der Waals surface area contributed by atoms with Gasteiger partial charge in [-0.15, -0.1) is 0 Å². The third-order valence-corrected chi connectivity index (χ3v) is 7.08. The molecule has 11 heteroatoms. The third kappa shape index (κ3) is 4.58. The highest BCUT2D eigenvalue weighted by atomic mass is 35.5. The van der Waals surface area contributed by atoms with Crippen LogP contribution in [0.3, 0.4) is 0 Å². The molecule has 4 rings (SSSR count). The van der Waals surface area contributed by atoms with Gasteiger partial charge in [0.25, 0.3) is 10.0 Å². The van der Waals surface area contributed by atoms with Crippen LogP contribution in [0, 0.1) is 5.82 Å². The largest absolute Gasteiger partial charge is 0.392 e. The number of hydrogen-bond donors (Lipinski definition) is 3. The Morgan fingerprint density at radius 1 is 1.09 bits per heavy atom. The molecule has 0 amide bonds. The molecule has 4 aromatic rings. The van der Waals surface area contributed by atoms with E-state index < -0.39 is 22.4 Å². The van der Waals surface area contributed by atoms with E-state index in [1.54, 1.807) is 25.4 Å². The van der Waals surface area contributed by atoms with Gasteiger partial charge in [0.2, 0.25) is 0 Å². The number of anilines is 2. The highest BCUT2D eigenvalue weighted by Crippen LogP contribution is 2.33. The number of rotatable bonds is 6. The summed E-state index contributed by atoms with van der Waals surface area (Å²) in [6, 6.07) is 10.3. The van der Waals surface area contributed by atoms with Crippen molar-refractivity contribution < 1.29 is 17.9 Å². The first-order chi connectivity index (χ1) is 15.7. The summed E-state index contributed by atoms with van der Waals surface area (Å²) in [6.45, 7) is -0.509. The van der Waals surface area contributed by atoms with Crippen LogP contribution in [0.1, 0.15) is 5.56 Å². The second kappa shape index (κ2) is 9.11. The van der Waals surface area contributed by atoms with Crippen molar-refractivity contribution in [2.24, 2.45) is 0 Å². The van der Waals surface area contributed by atoms with Crippen LogP contribution < -0.4 is 10.0 Å². The van der Waals surface area contributed by atoms with Gasteiger partial charge >= 0.3 is 0 Å². The van der Waals surface area contributed by atoms with Gasteiger partial charge < -0.3 is 10.4 Å². The summed E-state index contributed by atoms with van der Waals surface area (Å²) in [5.74, 6) is -0.142. The molecule has 0 spiro atoms. The van der Waals surface area contributed by atoms with E-state index in [0.717, 1.165) is 6.07 Å². The number of benzene rings is 2. The molecule has 7 nitrogen and oxygen atoms in total. The molecule has 3 N–H and O–H groups in total. The monoisotopic (exact) mass is 506 g/mol. The minimum Gasteiger partial charge on any atom is -0.392 e. The van der Waals surface area contributed by atoms with Crippen LogP contribution in [-0.2, 0) is 16.6 Å². The fraction of sp³-hybridized carbons (Fsp3) is 0.0909. The lowest BCUT2D eigenvalue weighted by molar-refractivity contribution is 0.281. The number of fused-ring (bicyclic) bond motifs is 1. The number of aliphatic hydroxyl groups excluding tert-OH is 1. The maximum Gasteiger partial charge on any atom is 0.263 e. The van der Waals surface area contributed by atoms with Crippen LogP contribution in [0.2, 0.25) is 10.0 Å². The average molecular weight is 507 g/mol. The molecular weight excluding hydrogens is 490 g/mol. The standard InChI is InChI=1S/C22H17Cl2FN4O3S/c1-26-20-8-18-13(10-28-20)5-12(9-27-18)16-3-2-4-17(22(16)25)29-33(31,32)19-7-15(23)6-14(11-30)21(19)24/h2-10,29-30H,11H2,1H3,(H,26,28). The van der Waals surface area contributed by atoms with Crippen LogP contribution in [-0.4, -0.2) is 30.5 Å². The van der Waals surface area contributed by atoms with Gasteiger partial charge in [0.05, 0.1) is 22.8 Å². The molecule has 2 aromatic carbocycles. The quantitative estimate of drug-likeness (QED) is 0.337. The molecule has 0 aliphatic rings. The molecule has 0 aliphatic heterocycles. The second-order valence-corrected chi connectivity index (χ2v) is 9.51. The lowest BCUT2D eigenvalue weighted by Crippen LogP contribution is -2.15. The summed E-state index contributed by atoms with van der Waals surface area (Å²) < 4.78 is 43.5. The lowest BCUT2D eigenvalue weighted by Gasteiger charge is -2.14. The molecule has 2 heterocycles. The molecule has 0 unspecified atom stereocenters. The van der Waals surface area contributed by atoms with Crippen molar-refractivity contribution in [3.05, 3.63) is 76.3 Å². The van der Waals surface area contributed by atoms with E-state index in [0.29, 0.717) is 22.3 Å². The first-order valence-electron chi connectivity index (χ1n) is 9.57. The van der Waals surface area contributed by atoms with Crippen LogP contribution in [0.25, 0.3) is 22.0 Å². The first-order valence-corrected chi connectivity index (χ1v) is 11.8. The number of hydrogen-bond acceptors (Lipinski definition) is 6. The van der Waals surface area contributed by atoms with Crippen molar-refractivity contribution in [1.29, 1.82) is 0 Å². The summed E-state index contributed by atoms with van der Waals surface area (Å²) in [4.78, 5) is 8.22. The zero-order valence-corrected chi connectivity index (χ0v) is 19.4. The summed E-state index contributed by atoms with van der Waals surface area (Å²) in [6.07, 6.45) is 3.11. The summed E-state index contributed by atoms with van der Waals surface area (Å²) in [7, 11) is -2.57. The zero-order valence-electron chi connectivity index (χ0n) is 17.1. The number of sulfonamides is 1. The Morgan fingerprint density at radius 2 is 1.88 bits per heavy atom. The van der Waals surface area contributed by atoms with Gasteiger partial charge in [0.1, 0.15) is 10.7 Å². The predicted molar refractivity (Wildman–Crippen MR) is 128 cm³/mol. The van der Waals surface area contributed by atoms with Crippen LogP contribution in [0.15, 0.2) is 59.8 Å². The Hall–Kier alpha value is -2.98. The summed E-state index contributed by atoms with van der Waals surface area (Å²) in [5, 5.41) is 12.9. The molecule has 2 aromatic heterocycles. The molecule has 0 aliphatic carbocycles. The minimum absolute atomic E-state index is 0.0651. The van der Waals surface area contributed by atoms with Gasteiger partial charge in [0.15, 0.2) is 5.82 Å². The van der Waals surface area contributed by atoms with Crippen molar-refractivity contribution >= 4 is 55.6 Å². The molecule has 0 saturated carbocycles. The Morgan fingerprint density at radius 3 is 2.61 bits per heavy atom. The van der Waals surface area contributed by atoms with Gasteiger partial charge in [-0.25, -0.2) is 17.8 Å². The number of halogens is 3. The van der Waals surface area contributed by atoms with Crippen molar-refractivity contribution in [2.45, 2.75) is 11.5 Å². The second-order valence-electron chi connectivity index (χ2n) is 7.04. The molecular formula is C22H17Cl2FN4O3S. The number of aromatic nitrogens is 2. The maximum atomic E-state index is 15.4. The fourth-order valence-electron chi connectivity index (χ4n) is 3.27. The van der Waals surface area contributed by atoms with Crippen molar-refractivity contribution in [3.63, 3.8) is 0 Å². The van der Waals surface area contributed by atoms with E-state index >= 15 is 4.39 Å². The molecule has 0 saturated heterocycles. The minimum atomic E-state index is -4.31. The molecule has 33 heavy (non-hydrogen) atoms. The highest BCUT2D eigenvalue weighted by Gasteiger charge is 2.23. The molecule has 170 valence electrons. The van der Waals surface area contributed by atoms with Crippen LogP contribution >= 0.6 is 23.2 Å². The van der Waals surface area contributed by atoms with Crippen LogP contribution in [0.5, 0.6) is 0 Å². The van der Waals surface area contributed by atoms with E-state index in [4.69, 9.17) is 23.2 Å². The number of aliphatic hydroxyl groups is 1. The van der Waals surface area contributed by atoms with Gasteiger partial charge in [-0.3, -0.25) is 9.71 Å². The van der Waals surface area contributed by atoms with E-state index in [1.165, 1.54) is 30.5 Å². The molecule has 0 radical (unpaired) electrons. The Bertz CT molecular complexity index is 1480. The molecule has 0 fully saturated rings. The van der Waals surface area contributed by atoms with Crippen molar-refractivity contribution in [1.82, 2.24) is 9.97 Å². The van der Waals surface area contributed by atoms with Crippen molar-refractivity contribution in [3.8, 4) is 11.1 Å². The first kappa shape index (κ1) is 23.2. The molecule has 0 atom stereocenters. The Kier molecular flexibility index (Phi) is 6.40. The highest BCUT2D eigenvalue weighted by molar-refractivity contribution is 7.92. The van der Waals surface area contributed by atoms with Gasteiger partial charge in [-0.1, -0.05) is 35.3 Å². The molecule has 0 bridgehead atoms. The Balaban J connectivity index is 1.74. The fourth-order valence-corrected chi connectivity index (χ4v) is 5.25. The number of nitrogens with one attached hydrogen (secondary N) is 2. The normalized spacial score (nSPS) is 11.5. The van der Waals surface area contributed by atoms with Crippen molar-refractivity contribution in [2.75, 3.05) is 17.1 Å². The summed E-state index contributed by atoms with van der Waals surface area (Å²) >= 11 is 12.1. The average Bonchev–Trinajstić information content (AvgIpc) is 2.80. The smallest absolute Gasteiger partial charge is 0.263 e. The third-order valence-electron chi connectivity index (χ3n) is 4.92. The van der Waals surface area contributed by atoms with E-state index in [2.05, 4.69) is 20.0 Å². The van der Waals surface area contributed by atoms with E-state index in [9.17, 15) is 13.5 Å². The van der Waals surface area contributed by atoms with Gasteiger partial charge in [0, 0.05) is 47.0 Å². The SMILES string of the molecule is CNc1cc2ncc(-c3cccc(NS(=O)(=O)c4cc(Cl)cc(CO)c4Cl)c3F)cc2cn1. The number of pyridine rings is 2. The van der Waals surface area contributed by atoms with Gasteiger partial charge in [-0.05, 0) is 29.8 Å². The topological polar surface area (TPSA) is 104 Å². The zero-order chi connectivity index (χ0) is 23.8. The predicted octanol–water partition coefficient (Wildman–Crippen LogP) is 5.08. The lowest BCUT2D eigenvalue weighted by atomic mass is 10.0. The van der Waals surface area contributed by atoms with Gasteiger partial charge in [-0.2, -0.15) is 0 Å².